The molecule has 4 aromatic rings. The Morgan fingerprint density at radius 1 is 0.800 bits per heavy atom. The first-order chi connectivity index (χ1) is 17.0. The maximum absolute atomic E-state index is 13.9. The molecule has 172 valence electrons. The molecule has 0 aliphatic carbocycles. The molecule has 2 aliphatic heterocycles. The summed E-state index contributed by atoms with van der Waals surface area (Å²) in [5.74, 6) is -1.72. The van der Waals surface area contributed by atoms with E-state index in [9.17, 15) is 19.7 Å². The molecule has 2 fully saturated rings. The zero-order valence-electron chi connectivity index (χ0n) is 18.4. The maximum Gasteiger partial charge on any atom is 0.269 e. The first-order valence-corrected chi connectivity index (χ1v) is 11.2. The third-order valence-corrected chi connectivity index (χ3v) is 6.56. The zero-order valence-corrected chi connectivity index (χ0v) is 18.4. The second-order valence-corrected chi connectivity index (χ2v) is 8.52. The van der Waals surface area contributed by atoms with Crippen LogP contribution in [0.2, 0.25) is 0 Å². The number of nitrogens with zero attached hydrogens (tertiary/aromatic N) is 3. The highest BCUT2D eigenvalue weighted by atomic mass is 16.7. The summed E-state index contributed by atoms with van der Waals surface area (Å²) in [6, 6.07) is 27.5. The lowest BCUT2D eigenvalue weighted by Gasteiger charge is -2.29. The molecular formula is C27H19N3O5. The molecule has 0 bridgehead atoms. The van der Waals surface area contributed by atoms with Crippen LogP contribution in [0, 0.1) is 16.0 Å². The number of nitro groups is 1. The first-order valence-electron chi connectivity index (χ1n) is 11.2. The average Bonchev–Trinajstić information content (AvgIpc) is 3.40. The van der Waals surface area contributed by atoms with Crippen molar-refractivity contribution in [3.8, 4) is 0 Å². The van der Waals surface area contributed by atoms with Crippen molar-refractivity contribution in [3.05, 3.63) is 113 Å². The van der Waals surface area contributed by atoms with E-state index in [0.29, 0.717) is 16.9 Å². The molecule has 2 saturated heterocycles. The highest BCUT2D eigenvalue weighted by Gasteiger charge is 2.60. The van der Waals surface area contributed by atoms with Gasteiger partial charge in [-0.15, -0.1) is 0 Å². The number of nitro benzene ring substituents is 1. The van der Waals surface area contributed by atoms with Crippen molar-refractivity contribution in [3.63, 3.8) is 0 Å². The molecule has 8 heteroatoms. The Hall–Kier alpha value is -4.56. The number of hydroxylamine groups is 1. The van der Waals surface area contributed by atoms with E-state index in [-0.39, 0.29) is 5.69 Å². The van der Waals surface area contributed by atoms with E-state index < -0.39 is 34.8 Å². The van der Waals surface area contributed by atoms with E-state index in [1.807, 2.05) is 66.7 Å². The van der Waals surface area contributed by atoms with Gasteiger partial charge in [-0.25, -0.2) is 9.96 Å². The fourth-order valence-electron chi connectivity index (χ4n) is 5.02. The molecule has 0 unspecified atom stereocenters. The number of fused-ring (bicyclic) bond motifs is 2. The van der Waals surface area contributed by atoms with Crippen LogP contribution < -0.4 is 9.96 Å². The Balaban J connectivity index is 1.48. The summed E-state index contributed by atoms with van der Waals surface area (Å²) in [4.78, 5) is 45.8. The number of anilines is 2. The molecule has 2 heterocycles. The van der Waals surface area contributed by atoms with Gasteiger partial charge in [-0.1, -0.05) is 66.7 Å². The number of hydrogen-bond acceptors (Lipinski definition) is 6. The molecule has 0 radical (unpaired) electrons. The fourth-order valence-corrected chi connectivity index (χ4v) is 5.02. The van der Waals surface area contributed by atoms with E-state index in [0.717, 1.165) is 10.8 Å². The van der Waals surface area contributed by atoms with Gasteiger partial charge in [-0.3, -0.25) is 24.5 Å². The van der Waals surface area contributed by atoms with Gasteiger partial charge in [0, 0.05) is 17.5 Å². The fraction of sp³-hybridized carbons (Fsp3) is 0.111. The van der Waals surface area contributed by atoms with Crippen LogP contribution >= 0.6 is 0 Å². The van der Waals surface area contributed by atoms with Gasteiger partial charge < -0.3 is 0 Å². The SMILES string of the molecule is O=C1[C@H]2[C@H](ON(c3ccccc3)[C@@H]2c2cccc([N+](=O)[O-])c2)C(=O)N1c1cccc2ccccc12. The molecule has 6 rings (SSSR count). The summed E-state index contributed by atoms with van der Waals surface area (Å²) in [5, 5.41) is 14.7. The standard InChI is InChI=1S/C27H19N3O5/c31-26-23-24(18-10-6-13-20(16-18)30(33)34)29(19-11-2-1-3-12-19)35-25(23)27(32)28(26)22-15-7-9-17-8-4-5-14-21(17)22/h1-16,23-25H/t23-,24-,25+/m1/s1. The second kappa shape index (κ2) is 8.03. The predicted octanol–water partition coefficient (Wildman–Crippen LogP) is 4.80. The van der Waals surface area contributed by atoms with E-state index in [1.165, 1.54) is 22.1 Å². The van der Waals surface area contributed by atoms with Crippen molar-refractivity contribution in [1.82, 2.24) is 0 Å². The van der Waals surface area contributed by atoms with E-state index in [2.05, 4.69) is 0 Å². The Bertz CT molecular complexity index is 1480. The molecule has 0 spiro atoms. The monoisotopic (exact) mass is 465 g/mol. The van der Waals surface area contributed by atoms with Gasteiger partial charge in [0.1, 0.15) is 5.92 Å². The van der Waals surface area contributed by atoms with Crippen molar-refractivity contribution in [1.29, 1.82) is 0 Å². The first kappa shape index (κ1) is 21.0. The summed E-state index contributed by atoms with van der Waals surface area (Å²) in [6.07, 6.45) is -1.05. The van der Waals surface area contributed by atoms with Crippen molar-refractivity contribution in [2.45, 2.75) is 12.1 Å². The van der Waals surface area contributed by atoms with Crippen LogP contribution in [0.3, 0.4) is 0 Å². The van der Waals surface area contributed by atoms with Crippen LogP contribution in [-0.4, -0.2) is 22.8 Å². The van der Waals surface area contributed by atoms with Crippen LogP contribution in [0.4, 0.5) is 17.1 Å². The van der Waals surface area contributed by atoms with Crippen LogP contribution in [0.5, 0.6) is 0 Å². The molecule has 8 nitrogen and oxygen atoms in total. The minimum atomic E-state index is -1.05. The third kappa shape index (κ3) is 3.26. The molecule has 4 aromatic carbocycles. The predicted molar refractivity (Wildman–Crippen MR) is 130 cm³/mol. The van der Waals surface area contributed by atoms with Crippen LogP contribution in [0.1, 0.15) is 11.6 Å². The summed E-state index contributed by atoms with van der Waals surface area (Å²) >= 11 is 0. The molecule has 35 heavy (non-hydrogen) atoms. The lowest BCUT2D eigenvalue weighted by molar-refractivity contribution is -0.384. The molecule has 3 atom stereocenters. The average molecular weight is 465 g/mol. The van der Waals surface area contributed by atoms with Gasteiger partial charge in [0.05, 0.1) is 22.3 Å². The molecular weight excluding hydrogens is 446 g/mol. The lowest BCUT2D eigenvalue weighted by atomic mass is 9.90. The summed E-state index contributed by atoms with van der Waals surface area (Å²) in [7, 11) is 0. The van der Waals surface area contributed by atoms with Crippen LogP contribution in [0.15, 0.2) is 97.1 Å². The number of amides is 2. The largest absolute Gasteiger partial charge is 0.273 e. The molecule has 2 aliphatic rings. The number of hydrogen-bond donors (Lipinski definition) is 0. The molecule has 2 amide bonds. The Morgan fingerprint density at radius 2 is 1.51 bits per heavy atom. The number of imide groups is 1. The summed E-state index contributed by atoms with van der Waals surface area (Å²) in [5.41, 5.74) is 1.58. The quantitative estimate of drug-likeness (QED) is 0.244. The van der Waals surface area contributed by atoms with E-state index in [4.69, 9.17) is 4.84 Å². The van der Waals surface area contributed by atoms with Gasteiger partial charge >= 0.3 is 0 Å². The minimum absolute atomic E-state index is 0.0957. The van der Waals surface area contributed by atoms with Crippen molar-refractivity contribution >= 4 is 39.6 Å². The molecule has 0 saturated carbocycles. The molecule has 0 aromatic heterocycles. The van der Waals surface area contributed by atoms with Gasteiger partial charge in [-0.2, -0.15) is 0 Å². The van der Waals surface area contributed by atoms with Crippen molar-refractivity contribution in [2.24, 2.45) is 5.92 Å². The van der Waals surface area contributed by atoms with Gasteiger partial charge in [0.2, 0.25) is 5.91 Å². The highest BCUT2D eigenvalue weighted by molar-refractivity contribution is 6.26. The van der Waals surface area contributed by atoms with Crippen molar-refractivity contribution < 1.29 is 19.3 Å². The number of carbonyl (C=O) groups excluding carboxylic acids is 2. The number of rotatable bonds is 4. The number of para-hydroxylation sites is 1. The van der Waals surface area contributed by atoms with Gasteiger partial charge in [0.25, 0.3) is 11.6 Å². The Morgan fingerprint density at radius 3 is 2.31 bits per heavy atom. The second-order valence-electron chi connectivity index (χ2n) is 8.52. The van der Waals surface area contributed by atoms with Crippen LogP contribution in [0.25, 0.3) is 10.8 Å². The van der Waals surface area contributed by atoms with E-state index in [1.54, 1.807) is 18.2 Å². The normalized spacial score (nSPS) is 21.5. The molecule has 0 N–H and O–H groups in total. The summed E-state index contributed by atoms with van der Waals surface area (Å²) < 4.78 is 0. The number of carbonyl (C=O) groups is 2. The maximum atomic E-state index is 13.9. The smallest absolute Gasteiger partial charge is 0.269 e. The van der Waals surface area contributed by atoms with Crippen LogP contribution in [-0.2, 0) is 14.4 Å². The Kier molecular flexibility index (Phi) is 4.82. The Labute approximate surface area is 200 Å². The van der Waals surface area contributed by atoms with Gasteiger partial charge in [-0.05, 0) is 29.1 Å². The summed E-state index contributed by atoms with van der Waals surface area (Å²) in [6.45, 7) is 0. The zero-order chi connectivity index (χ0) is 24.1. The minimum Gasteiger partial charge on any atom is -0.273 e. The number of non-ortho nitro benzene ring substituents is 1. The topological polar surface area (TPSA) is 93.0 Å². The third-order valence-electron chi connectivity index (χ3n) is 6.56. The number of benzene rings is 4. The van der Waals surface area contributed by atoms with Gasteiger partial charge in [0.15, 0.2) is 6.10 Å². The van der Waals surface area contributed by atoms with Crippen molar-refractivity contribution in [2.75, 3.05) is 9.96 Å². The highest BCUT2D eigenvalue weighted by Crippen LogP contribution is 2.48. The van der Waals surface area contributed by atoms with E-state index >= 15 is 0 Å². The lowest BCUT2D eigenvalue weighted by Crippen LogP contribution is -2.37.